The van der Waals surface area contributed by atoms with E-state index in [4.69, 9.17) is 11.6 Å². The molecule has 0 unspecified atom stereocenters. The summed E-state index contributed by atoms with van der Waals surface area (Å²) in [6.07, 6.45) is 1.06. The predicted octanol–water partition coefficient (Wildman–Crippen LogP) is 3.82. The molecule has 0 fully saturated rings. The van der Waals surface area contributed by atoms with Crippen LogP contribution < -0.4 is 9.62 Å². The van der Waals surface area contributed by atoms with Crippen LogP contribution in [0.4, 0.5) is 11.4 Å². The Hall–Kier alpha value is -1.57. The first-order chi connectivity index (χ1) is 11.2. The number of hydrogen-bond donors (Lipinski definition) is 1. The summed E-state index contributed by atoms with van der Waals surface area (Å²) in [6, 6.07) is 11.8. The number of hydrogen-bond acceptors (Lipinski definition) is 3. The van der Waals surface area contributed by atoms with Gasteiger partial charge in [-0.1, -0.05) is 33.6 Å². The summed E-state index contributed by atoms with van der Waals surface area (Å²) < 4.78 is 25.9. The Bertz CT molecular complexity index is 854. The molecule has 0 aliphatic rings. The summed E-state index contributed by atoms with van der Waals surface area (Å²) >= 11 is 9.32. The predicted molar refractivity (Wildman–Crippen MR) is 101 cm³/mol. The Kier molecular flexibility index (Phi) is 5.90. The van der Waals surface area contributed by atoms with Crippen LogP contribution in [0.1, 0.15) is 5.56 Å². The Balaban J connectivity index is 2.18. The molecule has 0 saturated heterocycles. The van der Waals surface area contributed by atoms with Crippen molar-refractivity contribution in [1.82, 2.24) is 0 Å². The third kappa shape index (κ3) is 4.96. The van der Waals surface area contributed by atoms with Gasteiger partial charge < -0.3 is 5.32 Å². The van der Waals surface area contributed by atoms with E-state index in [0.29, 0.717) is 16.4 Å². The summed E-state index contributed by atoms with van der Waals surface area (Å²) in [5, 5.41) is 3.18. The average molecular weight is 432 g/mol. The van der Waals surface area contributed by atoms with Gasteiger partial charge in [-0.25, -0.2) is 8.42 Å². The Morgan fingerprint density at radius 2 is 1.83 bits per heavy atom. The highest BCUT2D eigenvalue weighted by molar-refractivity contribution is 9.10. The minimum atomic E-state index is -3.60. The van der Waals surface area contributed by atoms with Gasteiger partial charge in [-0.2, -0.15) is 0 Å². The van der Waals surface area contributed by atoms with Crippen LogP contribution in [0.15, 0.2) is 46.9 Å². The van der Waals surface area contributed by atoms with Crippen LogP contribution in [0.5, 0.6) is 0 Å². The molecule has 128 valence electrons. The van der Waals surface area contributed by atoms with E-state index >= 15 is 0 Å². The van der Waals surface area contributed by atoms with Gasteiger partial charge >= 0.3 is 0 Å². The van der Waals surface area contributed by atoms with Gasteiger partial charge in [0.1, 0.15) is 6.54 Å². The normalized spacial score (nSPS) is 11.2. The van der Waals surface area contributed by atoms with Crippen LogP contribution >= 0.6 is 27.5 Å². The average Bonchev–Trinajstić information content (AvgIpc) is 2.49. The fourth-order valence-electron chi connectivity index (χ4n) is 2.01. The third-order valence-electron chi connectivity index (χ3n) is 3.26. The minimum absolute atomic E-state index is 0.327. The van der Waals surface area contributed by atoms with Crippen molar-refractivity contribution >= 4 is 54.8 Å². The highest BCUT2D eigenvalue weighted by Gasteiger charge is 2.21. The molecule has 0 saturated carbocycles. The van der Waals surface area contributed by atoms with Crippen molar-refractivity contribution in [2.24, 2.45) is 0 Å². The second kappa shape index (κ2) is 7.55. The van der Waals surface area contributed by atoms with E-state index in [1.807, 2.05) is 6.92 Å². The fourth-order valence-corrected chi connectivity index (χ4v) is 3.31. The van der Waals surface area contributed by atoms with E-state index in [9.17, 15) is 13.2 Å². The van der Waals surface area contributed by atoms with Gasteiger partial charge in [0.05, 0.1) is 11.9 Å². The first-order valence-corrected chi connectivity index (χ1v) is 9.98. The number of rotatable bonds is 5. The van der Waals surface area contributed by atoms with Crippen molar-refractivity contribution in [2.75, 3.05) is 22.4 Å². The molecule has 1 N–H and O–H groups in total. The van der Waals surface area contributed by atoms with E-state index < -0.39 is 15.9 Å². The number of nitrogens with zero attached hydrogens (tertiary/aromatic N) is 1. The zero-order valence-electron chi connectivity index (χ0n) is 13.1. The molecule has 0 aliphatic heterocycles. The van der Waals surface area contributed by atoms with Crippen LogP contribution in [0.3, 0.4) is 0 Å². The summed E-state index contributed by atoms with van der Waals surface area (Å²) in [4.78, 5) is 12.2. The number of aryl methyl sites for hydroxylation is 1. The molecule has 0 atom stereocenters. The van der Waals surface area contributed by atoms with Gasteiger partial charge in [0.2, 0.25) is 15.9 Å². The van der Waals surface area contributed by atoms with Gasteiger partial charge in [0, 0.05) is 15.2 Å². The van der Waals surface area contributed by atoms with Crippen LogP contribution in [0, 0.1) is 6.92 Å². The van der Waals surface area contributed by atoms with Crippen LogP contribution in [-0.4, -0.2) is 27.1 Å². The molecule has 0 aromatic heterocycles. The Labute approximate surface area is 154 Å². The second-order valence-electron chi connectivity index (χ2n) is 5.26. The molecule has 24 heavy (non-hydrogen) atoms. The van der Waals surface area contributed by atoms with Crippen molar-refractivity contribution < 1.29 is 13.2 Å². The van der Waals surface area contributed by atoms with Crippen molar-refractivity contribution in [3.05, 3.63) is 57.5 Å². The zero-order chi connectivity index (χ0) is 17.9. The Morgan fingerprint density at radius 3 is 2.38 bits per heavy atom. The number of benzene rings is 2. The lowest BCUT2D eigenvalue weighted by Crippen LogP contribution is -2.37. The Morgan fingerprint density at radius 1 is 1.21 bits per heavy atom. The SMILES string of the molecule is Cc1ccc(NC(=O)CN(c2ccc(Br)cc2)S(C)(=O)=O)cc1Cl. The number of carbonyl (C=O) groups is 1. The smallest absolute Gasteiger partial charge is 0.245 e. The fraction of sp³-hybridized carbons (Fsp3) is 0.188. The number of carbonyl (C=O) groups excluding carboxylic acids is 1. The molecule has 2 aromatic rings. The molecule has 2 aromatic carbocycles. The van der Waals surface area contributed by atoms with Crippen LogP contribution in [0.25, 0.3) is 0 Å². The van der Waals surface area contributed by atoms with Crippen molar-refractivity contribution in [3.63, 3.8) is 0 Å². The lowest BCUT2D eigenvalue weighted by molar-refractivity contribution is -0.114. The van der Waals surface area contributed by atoms with Gasteiger partial charge in [-0.3, -0.25) is 9.10 Å². The van der Waals surface area contributed by atoms with Gasteiger partial charge in [-0.15, -0.1) is 0 Å². The van der Waals surface area contributed by atoms with Crippen LogP contribution in [0.2, 0.25) is 5.02 Å². The van der Waals surface area contributed by atoms with Gasteiger partial charge in [0.15, 0.2) is 0 Å². The van der Waals surface area contributed by atoms with Crippen molar-refractivity contribution in [1.29, 1.82) is 0 Å². The molecule has 5 nitrogen and oxygen atoms in total. The molecule has 0 heterocycles. The lowest BCUT2D eigenvalue weighted by atomic mass is 10.2. The van der Waals surface area contributed by atoms with E-state index in [1.54, 1.807) is 42.5 Å². The molecule has 0 spiro atoms. The lowest BCUT2D eigenvalue weighted by Gasteiger charge is -2.22. The first kappa shape index (κ1) is 18.8. The number of halogens is 2. The number of nitrogens with one attached hydrogen (secondary N) is 1. The number of sulfonamides is 1. The van der Waals surface area contributed by atoms with Crippen molar-refractivity contribution in [2.45, 2.75) is 6.92 Å². The molecule has 0 radical (unpaired) electrons. The quantitative estimate of drug-likeness (QED) is 0.783. The largest absolute Gasteiger partial charge is 0.324 e. The standard InChI is InChI=1S/C16H16BrClN2O3S/c1-11-3-6-13(9-15(11)18)19-16(21)10-20(24(2,22)23)14-7-4-12(17)5-8-14/h3-9H,10H2,1-2H3,(H,19,21). The van der Waals surface area contributed by atoms with E-state index in [1.165, 1.54) is 0 Å². The minimum Gasteiger partial charge on any atom is -0.324 e. The summed E-state index contributed by atoms with van der Waals surface area (Å²) in [6.45, 7) is 1.53. The number of anilines is 2. The molecule has 1 amide bonds. The molecule has 2 rings (SSSR count). The summed E-state index contributed by atoms with van der Waals surface area (Å²) in [7, 11) is -3.60. The molecule has 0 bridgehead atoms. The highest BCUT2D eigenvalue weighted by Crippen LogP contribution is 2.22. The maximum Gasteiger partial charge on any atom is 0.245 e. The van der Waals surface area contributed by atoms with Gasteiger partial charge in [-0.05, 0) is 48.9 Å². The van der Waals surface area contributed by atoms with E-state index in [-0.39, 0.29) is 6.54 Å². The van der Waals surface area contributed by atoms with E-state index in [0.717, 1.165) is 20.6 Å². The van der Waals surface area contributed by atoms with E-state index in [2.05, 4.69) is 21.2 Å². The molecular formula is C16H16BrClN2O3S. The summed E-state index contributed by atoms with van der Waals surface area (Å²) in [5.41, 5.74) is 1.82. The van der Waals surface area contributed by atoms with Crippen LogP contribution in [-0.2, 0) is 14.8 Å². The van der Waals surface area contributed by atoms with Crippen molar-refractivity contribution in [3.8, 4) is 0 Å². The zero-order valence-corrected chi connectivity index (χ0v) is 16.2. The topological polar surface area (TPSA) is 66.5 Å². The maximum absolute atomic E-state index is 12.2. The molecular weight excluding hydrogens is 416 g/mol. The van der Waals surface area contributed by atoms with Gasteiger partial charge in [0.25, 0.3) is 0 Å². The molecule has 8 heteroatoms. The maximum atomic E-state index is 12.2. The molecule has 0 aliphatic carbocycles. The monoisotopic (exact) mass is 430 g/mol. The summed E-state index contributed by atoms with van der Waals surface area (Å²) in [5.74, 6) is -0.455. The number of amides is 1. The first-order valence-electron chi connectivity index (χ1n) is 6.96. The second-order valence-corrected chi connectivity index (χ2v) is 8.49. The highest BCUT2D eigenvalue weighted by atomic mass is 79.9. The third-order valence-corrected chi connectivity index (χ3v) is 5.33.